The van der Waals surface area contributed by atoms with E-state index in [0.29, 0.717) is 27.2 Å². The second-order valence-electron chi connectivity index (χ2n) is 3.94. The van der Waals surface area contributed by atoms with Crippen molar-refractivity contribution in [2.24, 2.45) is 0 Å². The van der Waals surface area contributed by atoms with Gasteiger partial charge in [-0.25, -0.2) is 0 Å². The number of halogens is 2. The number of rotatable bonds is 5. The summed E-state index contributed by atoms with van der Waals surface area (Å²) in [5.41, 5.74) is 0. The molecule has 0 aliphatic rings. The van der Waals surface area contributed by atoms with Crippen molar-refractivity contribution >= 4 is 34.0 Å². The van der Waals surface area contributed by atoms with Crippen LogP contribution in [0.15, 0.2) is 39.6 Å². The predicted molar refractivity (Wildman–Crippen MR) is 78.0 cm³/mol. The maximum Gasteiger partial charge on any atom is 0.117 e. The minimum absolute atomic E-state index is 0.257. The van der Waals surface area contributed by atoms with Gasteiger partial charge >= 0.3 is 0 Å². The lowest BCUT2D eigenvalue weighted by Gasteiger charge is -2.05. The maximum atomic E-state index is 12.3. The molecule has 0 saturated carbocycles. The zero-order chi connectivity index (χ0) is 13.8. The third-order valence-corrected chi connectivity index (χ3v) is 4.78. The first-order chi connectivity index (χ1) is 9.11. The van der Waals surface area contributed by atoms with E-state index in [1.54, 1.807) is 18.2 Å². The van der Waals surface area contributed by atoms with E-state index >= 15 is 0 Å². The van der Waals surface area contributed by atoms with Gasteiger partial charge in [0, 0.05) is 0 Å². The van der Waals surface area contributed by atoms with E-state index < -0.39 is 10.8 Å². The van der Waals surface area contributed by atoms with Crippen LogP contribution >= 0.6 is 23.2 Å². The van der Waals surface area contributed by atoms with Crippen molar-refractivity contribution in [2.75, 3.05) is 7.05 Å². The summed E-state index contributed by atoms with van der Waals surface area (Å²) < 4.78 is 17.8. The van der Waals surface area contributed by atoms with Gasteiger partial charge in [0.15, 0.2) is 0 Å². The van der Waals surface area contributed by atoms with Crippen LogP contribution in [0.4, 0.5) is 0 Å². The first-order valence-corrected chi connectivity index (χ1v) is 7.74. The van der Waals surface area contributed by atoms with E-state index in [4.69, 9.17) is 27.6 Å². The summed E-state index contributed by atoms with van der Waals surface area (Å²) in [5.74, 6) is 1.71. The molecule has 1 N–H and O–H groups in total. The predicted octanol–water partition coefficient (Wildman–Crippen LogP) is 3.61. The Morgan fingerprint density at radius 1 is 1.16 bits per heavy atom. The van der Waals surface area contributed by atoms with E-state index in [1.807, 2.05) is 19.2 Å². The van der Waals surface area contributed by atoms with Crippen LogP contribution in [0.3, 0.4) is 0 Å². The average Bonchev–Trinajstić information content (AvgIpc) is 2.77. The number of furan rings is 1. The van der Waals surface area contributed by atoms with Crippen molar-refractivity contribution in [1.82, 2.24) is 5.32 Å². The molecule has 1 unspecified atom stereocenters. The Bertz CT molecular complexity index is 578. The number of hydrogen-bond donors (Lipinski definition) is 1. The van der Waals surface area contributed by atoms with Crippen molar-refractivity contribution in [2.45, 2.75) is 17.2 Å². The topological polar surface area (TPSA) is 42.2 Å². The van der Waals surface area contributed by atoms with Crippen LogP contribution < -0.4 is 5.32 Å². The second kappa shape index (κ2) is 6.57. The third-order valence-electron chi connectivity index (χ3n) is 2.49. The van der Waals surface area contributed by atoms with Gasteiger partial charge in [0.2, 0.25) is 0 Å². The smallest absolute Gasteiger partial charge is 0.117 e. The summed E-state index contributed by atoms with van der Waals surface area (Å²) in [4.78, 5) is 0.456. The molecular weight excluding hydrogens is 305 g/mol. The van der Waals surface area contributed by atoms with Crippen molar-refractivity contribution in [3.8, 4) is 0 Å². The molecule has 102 valence electrons. The number of hydrogen-bond acceptors (Lipinski definition) is 3. The first-order valence-electron chi connectivity index (χ1n) is 5.66. The molecule has 0 radical (unpaired) electrons. The van der Waals surface area contributed by atoms with Gasteiger partial charge in [-0.3, -0.25) is 4.21 Å². The van der Waals surface area contributed by atoms with Crippen LogP contribution in [-0.2, 0) is 23.1 Å². The molecule has 0 saturated heterocycles. The third kappa shape index (κ3) is 3.60. The van der Waals surface area contributed by atoms with Gasteiger partial charge in [0.1, 0.15) is 11.5 Å². The molecule has 1 heterocycles. The Morgan fingerprint density at radius 2 is 1.79 bits per heavy atom. The highest BCUT2D eigenvalue weighted by Crippen LogP contribution is 2.29. The van der Waals surface area contributed by atoms with Gasteiger partial charge in [-0.2, -0.15) is 0 Å². The summed E-state index contributed by atoms with van der Waals surface area (Å²) in [6, 6.07) is 8.75. The van der Waals surface area contributed by atoms with Crippen LogP contribution in [0.2, 0.25) is 10.0 Å². The zero-order valence-corrected chi connectivity index (χ0v) is 12.6. The fraction of sp³-hybridized carbons (Fsp3) is 0.231. The Labute approximate surface area is 124 Å². The molecule has 6 heteroatoms. The summed E-state index contributed by atoms with van der Waals surface area (Å²) >= 11 is 12.1. The molecule has 0 aliphatic heterocycles. The fourth-order valence-corrected chi connectivity index (χ4v) is 3.71. The highest BCUT2D eigenvalue weighted by atomic mass is 35.5. The Balaban J connectivity index is 2.16. The van der Waals surface area contributed by atoms with Crippen molar-refractivity contribution in [1.29, 1.82) is 0 Å². The summed E-state index contributed by atoms with van der Waals surface area (Å²) in [7, 11) is 0.511. The van der Waals surface area contributed by atoms with Gasteiger partial charge in [-0.05, 0) is 31.3 Å². The van der Waals surface area contributed by atoms with Crippen LogP contribution in [0.1, 0.15) is 11.5 Å². The Hall–Kier alpha value is -0.810. The molecule has 19 heavy (non-hydrogen) atoms. The lowest BCUT2D eigenvalue weighted by Crippen LogP contribution is -2.03. The Morgan fingerprint density at radius 3 is 2.42 bits per heavy atom. The fourth-order valence-electron chi connectivity index (χ4n) is 1.67. The number of nitrogens with one attached hydrogen (secondary N) is 1. The largest absolute Gasteiger partial charge is 0.464 e. The number of benzene rings is 1. The van der Waals surface area contributed by atoms with E-state index in [2.05, 4.69) is 5.32 Å². The van der Waals surface area contributed by atoms with Crippen LogP contribution in [0, 0.1) is 0 Å². The lowest BCUT2D eigenvalue weighted by molar-refractivity contribution is 0.467. The van der Waals surface area contributed by atoms with E-state index in [-0.39, 0.29) is 5.75 Å². The monoisotopic (exact) mass is 317 g/mol. The van der Waals surface area contributed by atoms with E-state index in [9.17, 15) is 4.21 Å². The van der Waals surface area contributed by atoms with Gasteiger partial charge in [0.05, 0.1) is 38.0 Å². The minimum atomic E-state index is -1.33. The van der Waals surface area contributed by atoms with Gasteiger partial charge in [-0.15, -0.1) is 0 Å². The molecule has 2 rings (SSSR count). The summed E-state index contributed by atoms with van der Waals surface area (Å²) in [6.07, 6.45) is 0. The molecular formula is C13H13Cl2NO2S. The molecule has 0 fully saturated rings. The molecule has 2 aromatic rings. The maximum absolute atomic E-state index is 12.3. The summed E-state index contributed by atoms with van der Waals surface area (Å²) in [5, 5.41) is 3.81. The van der Waals surface area contributed by atoms with Crippen LogP contribution in [-0.4, -0.2) is 11.3 Å². The molecule has 0 bridgehead atoms. The SMILES string of the molecule is CNCc1ccc(CS(=O)c2c(Cl)cccc2Cl)o1. The molecule has 1 atom stereocenters. The normalized spacial score (nSPS) is 12.6. The molecule has 0 aliphatic carbocycles. The first kappa shape index (κ1) is 14.6. The molecule has 1 aromatic carbocycles. The quantitative estimate of drug-likeness (QED) is 0.916. The van der Waals surface area contributed by atoms with Gasteiger partial charge in [0.25, 0.3) is 0 Å². The van der Waals surface area contributed by atoms with Gasteiger partial charge in [-0.1, -0.05) is 29.3 Å². The van der Waals surface area contributed by atoms with Crippen LogP contribution in [0.5, 0.6) is 0 Å². The minimum Gasteiger partial charge on any atom is -0.464 e. The van der Waals surface area contributed by atoms with E-state index in [1.165, 1.54) is 0 Å². The molecule has 0 spiro atoms. The highest BCUT2D eigenvalue weighted by molar-refractivity contribution is 7.84. The average molecular weight is 318 g/mol. The zero-order valence-electron chi connectivity index (χ0n) is 10.3. The molecule has 1 aromatic heterocycles. The Kier molecular flexibility index (Phi) is 5.05. The van der Waals surface area contributed by atoms with Crippen molar-refractivity contribution < 1.29 is 8.63 Å². The standard InChI is InChI=1S/C13H13Cl2NO2S/c1-16-7-9-5-6-10(18-9)8-19(17)13-11(14)3-2-4-12(13)15/h2-6,16H,7-8H2,1H3. The van der Waals surface area contributed by atoms with E-state index in [0.717, 1.165) is 5.76 Å². The lowest BCUT2D eigenvalue weighted by atomic mass is 10.4. The van der Waals surface area contributed by atoms with Crippen molar-refractivity contribution in [3.63, 3.8) is 0 Å². The molecule has 3 nitrogen and oxygen atoms in total. The van der Waals surface area contributed by atoms with Gasteiger partial charge < -0.3 is 9.73 Å². The second-order valence-corrected chi connectivity index (χ2v) is 6.14. The van der Waals surface area contributed by atoms with Crippen LogP contribution in [0.25, 0.3) is 0 Å². The molecule has 0 amide bonds. The summed E-state index contributed by atoms with van der Waals surface area (Å²) in [6.45, 7) is 0.638. The highest BCUT2D eigenvalue weighted by Gasteiger charge is 2.15. The van der Waals surface area contributed by atoms with Crippen molar-refractivity contribution in [3.05, 3.63) is 51.9 Å².